The van der Waals surface area contributed by atoms with Gasteiger partial charge >= 0.3 is 6.03 Å². The number of anilines is 1. The van der Waals surface area contributed by atoms with Crippen LogP contribution in [0.3, 0.4) is 0 Å². The van der Waals surface area contributed by atoms with Crippen LogP contribution in [0.2, 0.25) is 10.0 Å². The summed E-state index contributed by atoms with van der Waals surface area (Å²) < 4.78 is 1.33. The third kappa shape index (κ3) is 3.86. The molecule has 1 amide bonds. The molecule has 0 unspecified atom stereocenters. The lowest BCUT2D eigenvalue weighted by Gasteiger charge is -2.10. The quantitative estimate of drug-likeness (QED) is 0.585. The predicted molar refractivity (Wildman–Crippen MR) is 79.1 cm³/mol. The van der Waals surface area contributed by atoms with Crippen molar-refractivity contribution in [1.29, 1.82) is 0 Å². The van der Waals surface area contributed by atoms with E-state index in [9.17, 15) is 4.79 Å². The van der Waals surface area contributed by atoms with E-state index in [0.717, 1.165) is 5.69 Å². The summed E-state index contributed by atoms with van der Waals surface area (Å²) in [5, 5.41) is 4.09. The molecule has 0 fully saturated rings. The Labute approximate surface area is 126 Å². The number of hydrogen-bond acceptors (Lipinski definition) is 4. The maximum Gasteiger partial charge on any atom is 0.341 e. The van der Waals surface area contributed by atoms with Crippen molar-refractivity contribution in [3.8, 4) is 0 Å². The SMILES string of the molecule is O=C(NNCCNc1cccc(Cl)c1Cl)n1ccnc1. The number of rotatable bonds is 5. The molecule has 1 heterocycles. The number of benzene rings is 1. The molecular weight excluding hydrogens is 301 g/mol. The molecule has 0 bridgehead atoms. The second kappa shape index (κ2) is 7.14. The zero-order valence-corrected chi connectivity index (χ0v) is 11.9. The van der Waals surface area contributed by atoms with Gasteiger partial charge in [-0.2, -0.15) is 0 Å². The molecule has 0 aliphatic rings. The molecule has 1 aromatic heterocycles. The van der Waals surface area contributed by atoms with Crippen molar-refractivity contribution in [1.82, 2.24) is 20.4 Å². The first-order valence-corrected chi connectivity index (χ1v) is 6.63. The summed E-state index contributed by atoms with van der Waals surface area (Å²) >= 11 is 11.9. The number of hydrogen-bond donors (Lipinski definition) is 3. The average molecular weight is 314 g/mol. The Kier molecular flexibility index (Phi) is 5.23. The summed E-state index contributed by atoms with van der Waals surface area (Å²) in [6.45, 7) is 1.09. The molecule has 6 nitrogen and oxygen atoms in total. The first-order chi connectivity index (χ1) is 9.68. The number of halogens is 2. The minimum atomic E-state index is -0.303. The summed E-state index contributed by atoms with van der Waals surface area (Å²) in [6.07, 6.45) is 4.50. The van der Waals surface area contributed by atoms with Gasteiger partial charge in [-0.1, -0.05) is 29.3 Å². The topological polar surface area (TPSA) is 71.0 Å². The van der Waals surface area contributed by atoms with E-state index in [2.05, 4.69) is 21.2 Å². The highest BCUT2D eigenvalue weighted by Gasteiger charge is 2.03. The number of carbonyl (C=O) groups excluding carboxylic acids is 1. The van der Waals surface area contributed by atoms with E-state index >= 15 is 0 Å². The van der Waals surface area contributed by atoms with Crippen molar-refractivity contribution in [2.75, 3.05) is 18.4 Å². The standard InChI is InChI=1S/C12H13Cl2N5O/c13-9-2-1-3-10(11(9)14)16-4-5-17-18-12(20)19-7-6-15-8-19/h1-3,6-8,16-17H,4-5H2,(H,18,20). The maximum absolute atomic E-state index is 11.5. The second-order valence-corrected chi connectivity index (χ2v) is 4.64. The van der Waals surface area contributed by atoms with Crippen LogP contribution in [0.5, 0.6) is 0 Å². The molecular formula is C12H13Cl2N5O. The van der Waals surface area contributed by atoms with Crippen molar-refractivity contribution < 1.29 is 4.79 Å². The Morgan fingerprint density at radius 2 is 2.15 bits per heavy atom. The minimum absolute atomic E-state index is 0.303. The number of imidazole rings is 1. The van der Waals surface area contributed by atoms with Gasteiger partial charge in [0.05, 0.1) is 15.7 Å². The van der Waals surface area contributed by atoms with Gasteiger partial charge in [-0.3, -0.25) is 9.99 Å². The van der Waals surface area contributed by atoms with Crippen molar-refractivity contribution in [3.63, 3.8) is 0 Å². The van der Waals surface area contributed by atoms with Crippen LogP contribution in [-0.2, 0) is 0 Å². The van der Waals surface area contributed by atoms with E-state index in [-0.39, 0.29) is 6.03 Å². The van der Waals surface area contributed by atoms with Crippen LogP contribution in [0.1, 0.15) is 0 Å². The second-order valence-electron chi connectivity index (χ2n) is 3.86. The number of nitrogens with zero attached hydrogens (tertiary/aromatic N) is 2. The Hall–Kier alpha value is -1.76. The van der Waals surface area contributed by atoms with Crippen molar-refractivity contribution >= 4 is 34.9 Å². The Bertz CT molecular complexity index is 573. The van der Waals surface area contributed by atoms with Gasteiger partial charge in [0.15, 0.2) is 0 Å². The van der Waals surface area contributed by atoms with Gasteiger partial charge < -0.3 is 5.32 Å². The van der Waals surface area contributed by atoms with E-state index < -0.39 is 0 Å². The Morgan fingerprint density at radius 3 is 2.90 bits per heavy atom. The average Bonchev–Trinajstić information content (AvgIpc) is 2.97. The fraction of sp³-hybridized carbons (Fsp3) is 0.167. The van der Waals surface area contributed by atoms with Crippen LogP contribution in [-0.4, -0.2) is 28.7 Å². The predicted octanol–water partition coefficient (Wildman–Crippen LogP) is 2.36. The number of carbonyl (C=O) groups is 1. The lowest BCUT2D eigenvalue weighted by atomic mass is 10.3. The summed E-state index contributed by atoms with van der Waals surface area (Å²) in [5.74, 6) is 0. The zero-order valence-electron chi connectivity index (χ0n) is 10.4. The van der Waals surface area contributed by atoms with E-state index in [0.29, 0.717) is 23.1 Å². The molecule has 0 spiro atoms. The first-order valence-electron chi connectivity index (χ1n) is 5.87. The molecule has 8 heteroatoms. The lowest BCUT2D eigenvalue weighted by molar-refractivity contribution is 0.238. The third-order valence-electron chi connectivity index (χ3n) is 2.45. The number of amides is 1. The fourth-order valence-corrected chi connectivity index (χ4v) is 1.85. The maximum atomic E-state index is 11.5. The molecule has 1 aromatic carbocycles. The van der Waals surface area contributed by atoms with E-state index in [1.165, 1.54) is 17.1 Å². The molecule has 3 N–H and O–H groups in total. The highest BCUT2D eigenvalue weighted by Crippen LogP contribution is 2.29. The van der Waals surface area contributed by atoms with Crippen LogP contribution >= 0.6 is 23.2 Å². The van der Waals surface area contributed by atoms with Gasteiger partial charge in [0.25, 0.3) is 0 Å². The summed E-state index contributed by atoms with van der Waals surface area (Å²) in [6, 6.07) is 5.06. The van der Waals surface area contributed by atoms with Crippen LogP contribution in [0, 0.1) is 0 Å². The van der Waals surface area contributed by atoms with Gasteiger partial charge in [-0.05, 0) is 12.1 Å². The summed E-state index contributed by atoms with van der Waals surface area (Å²) in [5.41, 5.74) is 6.08. The highest BCUT2D eigenvalue weighted by molar-refractivity contribution is 6.43. The van der Waals surface area contributed by atoms with Gasteiger partial charge in [-0.25, -0.2) is 15.2 Å². The highest BCUT2D eigenvalue weighted by atomic mass is 35.5. The Morgan fingerprint density at radius 1 is 1.30 bits per heavy atom. The van der Waals surface area contributed by atoms with Crippen LogP contribution in [0.4, 0.5) is 10.5 Å². The molecule has 2 aromatic rings. The van der Waals surface area contributed by atoms with Crippen molar-refractivity contribution in [3.05, 3.63) is 47.0 Å². The molecule has 0 aliphatic carbocycles. The smallest absolute Gasteiger partial charge is 0.341 e. The van der Waals surface area contributed by atoms with E-state index in [1.54, 1.807) is 12.3 Å². The third-order valence-corrected chi connectivity index (χ3v) is 3.27. The van der Waals surface area contributed by atoms with Crippen molar-refractivity contribution in [2.24, 2.45) is 0 Å². The van der Waals surface area contributed by atoms with Crippen LogP contribution < -0.4 is 16.2 Å². The molecule has 2 rings (SSSR count). The summed E-state index contributed by atoms with van der Waals surface area (Å²) in [4.78, 5) is 15.3. The molecule has 0 saturated carbocycles. The van der Waals surface area contributed by atoms with Crippen LogP contribution in [0.25, 0.3) is 0 Å². The van der Waals surface area contributed by atoms with E-state index in [1.807, 2.05) is 12.1 Å². The molecule has 0 radical (unpaired) electrons. The monoisotopic (exact) mass is 313 g/mol. The largest absolute Gasteiger partial charge is 0.382 e. The normalized spacial score (nSPS) is 10.3. The first kappa shape index (κ1) is 14.6. The molecule has 20 heavy (non-hydrogen) atoms. The number of hydrazine groups is 1. The van der Waals surface area contributed by atoms with Crippen LogP contribution in [0.15, 0.2) is 36.9 Å². The van der Waals surface area contributed by atoms with Gasteiger partial charge in [0, 0.05) is 25.5 Å². The number of nitrogens with one attached hydrogen (secondary N) is 3. The number of aromatic nitrogens is 2. The fourth-order valence-electron chi connectivity index (χ4n) is 1.48. The van der Waals surface area contributed by atoms with Gasteiger partial charge in [0.2, 0.25) is 0 Å². The molecule has 0 saturated heterocycles. The van der Waals surface area contributed by atoms with Gasteiger partial charge in [0.1, 0.15) is 6.33 Å². The lowest BCUT2D eigenvalue weighted by Crippen LogP contribution is -2.41. The Balaban J connectivity index is 1.69. The zero-order chi connectivity index (χ0) is 14.4. The van der Waals surface area contributed by atoms with Gasteiger partial charge in [-0.15, -0.1) is 0 Å². The van der Waals surface area contributed by atoms with E-state index in [4.69, 9.17) is 23.2 Å². The van der Waals surface area contributed by atoms with Crippen molar-refractivity contribution in [2.45, 2.75) is 0 Å². The molecule has 0 atom stereocenters. The minimum Gasteiger partial charge on any atom is -0.382 e. The summed E-state index contributed by atoms with van der Waals surface area (Å²) in [7, 11) is 0. The molecule has 0 aliphatic heterocycles. The molecule has 106 valence electrons.